The Kier molecular flexibility index (Phi) is 3.53. The first-order valence-corrected chi connectivity index (χ1v) is 4.83. The first-order valence-electron chi connectivity index (χ1n) is 4.83. The second-order valence-electron chi connectivity index (χ2n) is 3.74. The Morgan fingerprint density at radius 1 is 1.42 bits per heavy atom. The summed E-state index contributed by atoms with van der Waals surface area (Å²) in [7, 11) is 0. The van der Waals surface area contributed by atoms with E-state index in [0.717, 1.165) is 12.8 Å². The molecule has 1 saturated carbocycles. The third-order valence-electron chi connectivity index (χ3n) is 2.40. The van der Waals surface area contributed by atoms with Crippen molar-refractivity contribution in [3.05, 3.63) is 0 Å². The van der Waals surface area contributed by atoms with Crippen LogP contribution in [0.15, 0.2) is 0 Å². The zero-order chi connectivity index (χ0) is 8.97. The molecule has 1 atom stereocenters. The molecule has 1 rings (SSSR count). The maximum atomic E-state index is 11.2. The summed E-state index contributed by atoms with van der Waals surface area (Å²) < 4.78 is 0. The number of hydrogen-bond acceptors (Lipinski definition) is 1. The molecule has 1 amide bonds. The second kappa shape index (κ2) is 4.45. The molecule has 0 aliphatic heterocycles. The SMILES string of the molecule is CC([NH3+])C(=O)NC1CCCCC1. The standard InChI is InChI=1S/C9H18N2O/c1-7(10)9(12)11-8-5-3-2-4-6-8/h7-8H,2-6,10H2,1H3,(H,11,12)/p+1. The number of nitrogens with one attached hydrogen (secondary N) is 1. The van der Waals surface area contributed by atoms with E-state index in [2.05, 4.69) is 11.1 Å². The molecule has 12 heavy (non-hydrogen) atoms. The van der Waals surface area contributed by atoms with Crippen molar-refractivity contribution < 1.29 is 10.5 Å². The van der Waals surface area contributed by atoms with Crippen LogP contribution in [0.2, 0.25) is 0 Å². The lowest BCUT2D eigenvalue weighted by molar-refractivity contribution is -0.398. The Morgan fingerprint density at radius 2 is 2.00 bits per heavy atom. The number of quaternary nitrogens is 1. The van der Waals surface area contributed by atoms with Crippen LogP contribution >= 0.6 is 0 Å². The highest BCUT2D eigenvalue weighted by Crippen LogP contribution is 2.17. The van der Waals surface area contributed by atoms with E-state index in [-0.39, 0.29) is 11.9 Å². The van der Waals surface area contributed by atoms with Crippen molar-refractivity contribution in [2.45, 2.75) is 51.1 Å². The molecule has 4 N–H and O–H groups in total. The molecule has 0 aromatic rings. The first-order chi connectivity index (χ1) is 5.70. The monoisotopic (exact) mass is 171 g/mol. The van der Waals surface area contributed by atoms with Crippen molar-refractivity contribution in [2.75, 3.05) is 0 Å². The van der Waals surface area contributed by atoms with E-state index < -0.39 is 0 Å². The Bertz CT molecular complexity index is 151. The highest BCUT2D eigenvalue weighted by Gasteiger charge is 2.18. The van der Waals surface area contributed by atoms with Gasteiger partial charge in [0.1, 0.15) is 0 Å². The topological polar surface area (TPSA) is 56.7 Å². The van der Waals surface area contributed by atoms with Gasteiger partial charge in [-0.3, -0.25) is 4.79 Å². The summed E-state index contributed by atoms with van der Waals surface area (Å²) in [6.45, 7) is 1.83. The summed E-state index contributed by atoms with van der Waals surface area (Å²) in [5.41, 5.74) is 3.69. The van der Waals surface area contributed by atoms with Crippen LogP contribution in [0.4, 0.5) is 0 Å². The van der Waals surface area contributed by atoms with E-state index in [9.17, 15) is 4.79 Å². The summed E-state index contributed by atoms with van der Waals surface area (Å²) in [6.07, 6.45) is 6.15. The van der Waals surface area contributed by atoms with Gasteiger partial charge in [-0.05, 0) is 19.8 Å². The van der Waals surface area contributed by atoms with Gasteiger partial charge in [0.25, 0.3) is 5.91 Å². The minimum absolute atomic E-state index is 0.0990. The van der Waals surface area contributed by atoms with Gasteiger partial charge in [-0.25, -0.2) is 0 Å². The largest absolute Gasteiger partial charge is 0.348 e. The fourth-order valence-corrected chi connectivity index (χ4v) is 1.59. The van der Waals surface area contributed by atoms with Crippen molar-refractivity contribution >= 4 is 5.91 Å². The molecular weight excluding hydrogens is 152 g/mol. The molecule has 0 saturated heterocycles. The smallest absolute Gasteiger partial charge is 0.278 e. The summed E-state index contributed by atoms with van der Waals surface area (Å²) in [5.74, 6) is 0.0990. The van der Waals surface area contributed by atoms with Crippen LogP contribution in [0.1, 0.15) is 39.0 Å². The normalized spacial score (nSPS) is 21.8. The summed E-state index contributed by atoms with van der Waals surface area (Å²) in [5, 5.41) is 3.02. The van der Waals surface area contributed by atoms with Crippen LogP contribution in [0.5, 0.6) is 0 Å². The van der Waals surface area contributed by atoms with Gasteiger partial charge in [-0.2, -0.15) is 0 Å². The highest BCUT2D eigenvalue weighted by molar-refractivity contribution is 5.79. The zero-order valence-electron chi connectivity index (χ0n) is 7.81. The van der Waals surface area contributed by atoms with Gasteiger partial charge < -0.3 is 11.1 Å². The van der Waals surface area contributed by atoms with Gasteiger partial charge in [0.05, 0.1) is 0 Å². The number of rotatable bonds is 2. The van der Waals surface area contributed by atoms with E-state index >= 15 is 0 Å². The molecule has 0 heterocycles. The van der Waals surface area contributed by atoms with Crippen molar-refractivity contribution in [1.82, 2.24) is 5.32 Å². The van der Waals surface area contributed by atoms with Gasteiger partial charge in [0, 0.05) is 6.04 Å². The Balaban J connectivity index is 2.24. The Labute approximate surface area is 73.7 Å². The minimum Gasteiger partial charge on any atom is -0.348 e. The molecule has 3 heteroatoms. The summed E-state index contributed by atoms with van der Waals surface area (Å²) in [4.78, 5) is 11.2. The fourth-order valence-electron chi connectivity index (χ4n) is 1.59. The molecule has 1 aliphatic carbocycles. The van der Waals surface area contributed by atoms with Crippen molar-refractivity contribution in [3.63, 3.8) is 0 Å². The Hall–Kier alpha value is -0.570. The lowest BCUT2D eigenvalue weighted by atomic mass is 9.95. The predicted molar refractivity (Wildman–Crippen MR) is 47.4 cm³/mol. The maximum absolute atomic E-state index is 11.2. The second-order valence-corrected chi connectivity index (χ2v) is 3.74. The van der Waals surface area contributed by atoms with Gasteiger partial charge in [-0.15, -0.1) is 0 Å². The molecule has 70 valence electrons. The molecule has 1 aliphatic rings. The molecule has 3 nitrogen and oxygen atoms in total. The molecule has 1 fully saturated rings. The number of carbonyl (C=O) groups is 1. The number of carbonyl (C=O) groups excluding carboxylic acids is 1. The lowest BCUT2D eigenvalue weighted by Gasteiger charge is -2.22. The van der Waals surface area contributed by atoms with E-state index in [1.54, 1.807) is 0 Å². The van der Waals surface area contributed by atoms with Crippen LogP contribution in [-0.2, 0) is 4.79 Å². The Morgan fingerprint density at radius 3 is 2.50 bits per heavy atom. The number of hydrogen-bond donors (Lipinski definition) is 2. The molecule has 0 aromatic carbocycles. The fraction of sp³-hybridized carbons (Fsp3) is 0.889. The van der Waals surface area contributed by atoms with Crippen LogP contribution in [0.3, 0.4) is 0 Å². The van der Waals surface area contributed by atoms with Crippen molar-refractivity contribution in [2.24, 2.45) is 0 Å². The van der Waals surface area contributed by atoms with Gasteiger partial charge in [-0.1, -0.05) is 19.3 Å². The zero-order valence-corrected chi connectivity index (χ0v) is 7.81. The molecule has 0 aromatic heterocycles. The van der Waals surface area contributed by atoms with E-state index in [1.165, 1.54) is 19.3 Å². The number of amides is 1. The van der Waals surface area contributed by atoms with Crippen LogP contribution in [0.25, 0.3) is 0 Å². The van der Waals surface area contributed by atoms with E-state index in [0.29, 0.717) is 6.04 Å². The van der Waals surface area contributed by atoms with Crippen LogP contribution < -0.4 is 11.1 Å². The predicted octanol–water partition coefficient (Wildman–Crippen LogP) is 0.0657. The van der Waals surface area contributed by atoms with Gasteiger partial charge in [0.15, 0.2) is 6.04 Å². The molecule has 0 spiro atoms. The third-order valence-corrected chi connectivity index (χ3v) is 2.40. The quantitative estimate of drug-likeness (QED) is 0.606. The molecule has 0 radical (unpaired) electrons. The van der Waals surface area contributed by atoms with Crippen molar-refractivity contribution in [3.8, 4) is 0 Å². The van der Waals surface area contributed by atoms with Gasteiger partial charge >= 0.3 is 0 Å². The third kappa shape index (κ3) is 2.81. The van der Waals surface area contributed by atoms with Gasteiger partial charge in [0.2, 0.25) is 0 Å². The average Bonchev–Trinajstić information content (AvgIpc) is 2.06. The molecular formula is C9H19N2O+. The highest BCUT2D eigenvalue weighted by atomic mass is 16.2. The van der Waals surface area contributed by atoms with Crippen molar-refractivity contribution in [1.29, 1.82) is 0 Å². The van der Waals surface area contributed by atoms with E-state index in [1.807, 2.05) is 6.92 Å². The molecule has 0 bridgehead atoms. The molecule has 1 unspecified atom stereocenters. The lowest BCUT2D eigenvalue weighted by Crippen LogP contribution is -2.66. The van der Waals surface area contributed by atoms with E-state index in [4.69, 9.17) is 0 Å². The van der Waals surface area contributed by atoms with Crippen LogP contribution in [-0.4, -0.2) is 18.0 Å². The first kappa shape index (κ1) is 9.52. The van der Waals surface area contributed by atoms with Crippen LogP contribution in [0, 0.1) is 0 Å². The summed E-state index contributed by atoms with van der Waals surface area (Å²) in [6, 6.07) is 0.308. The summed E-state index contributed by atoms with van der Waals surface area (Å²) >= 11 is 0. The average molecular weight is 171 g/mol. The minimum atomic E-state index is -0.119. The maximum Gasteiger partial charge on any atom is 0.278 e.